The fourth-order valence-corrected chi connectivity index (χ4v) is 2.99. The molecule has 0 aliphatic heterocycles. The second-order valence-corrected chi connectivity index (χ2v) is 6.57. The highest BCUT2D eigenvalue weighted by molar-refractivity contribution is 7.91. The summed E-state index contributed by atoms with van der Waals surface area (Å²) in [5, 5.41) is -0.566. The van der Waals surface area contributed by atoms with E-state index in [4.69, 9.17) is 10.5 Å². The van der Waals surface area contributed by atoms with Crippen molar-refractivity contribution in [3.8, 4) is 5.75 Å². The molecular formula is C12H18FNO3S. The molecule has 0 heterocycles. The van der Waals surface area contributed by atoms with Gasteiger partial charge in [-0.1, -0.05) is 6.07 Å². The molecule has 0 amide bonds. The maximum Gasteiger partial charge on any atom is 0.157 e. The van der Waals surface area contributed by atoms with Gasteiger partial charge in [0.15, 0.2) is 9.84 Å². The quantitative estimate of drug-likeness (QED) is 0.854. The summed E-state index contributed by atoms with van der Waals surface area (Å²) in [6, 6.07) is 4.15. The third kappa shape index (κ3) is 3.68. The van der Waals surface area contributed by atoms with Gasteiger partial charge in [0.2, 0.25) is 0 Å². The predicted octanol–water partition coefficient (Wildman–Crippen LogP) is 1.49. The lowest BCUT2D eigenvalue weighted by atomic mass is 10.2. The molecule has 0 aliphatic carbocycles. The molecule has 6 heteroatoms. The van der Waals surface area contributed by atoms with E-state index in [-0.39, 0.29) is 11.3 Å². The SMILES string of the molecule is COc1ccc(CS(=O)(=O)C(C)CCN)c(F)c1. The van der Waals surface area contributed by atoms with Crippen LogP contribution in [-0.4, -0.2) is 27.3 Å². The van der Waals surface area contributed by atoms with Gasteiger partial charge < -0.3 is 10.5 Å². The Morgan fingerprint density at radius 3 is 2.61 bits per heavy atom. The number of halogens is 1. The Hall–Kier alpha value is -1.14. The third-order valence-corrected chi connectivity index (χ3v) is 4.98. The summed E-state index contributed by atoms with van der Waals surface area (Å²) in [4.78, 5) is 0. The van der Waals surface area contributed by atoms with Crippen molar-refractivity contribution in [3.63, 3.8) is 0 Å². The Kier molecular flexibility index (Phi) is 5.10. The summed E-state index contributed by atoms with van der Waals surface area (Å²) in [6.45, 7) is 1.88. The van der Waals surface area contributed by atoms with Crippen LogP contribution >= 0.6 is 0 Å². The summed E-state index contributed by atoms with van der Waals surface area (Å²) in [5.74, 6) is -0.522. The highest BCUT2D eigenvalue weighted by Crippen LogP contribution is 2.20. The van der Waals surface area contributed by atoms with E-state index in [1.54, 1.807) is 13.0 Å². The molecule has 1 atom stereocenters. The molecule has 0 bridgehead atoms. The summed E-state index contributed by atoms with van der Waals surface area (Å²) in [5.41, 5.74) is 5.48. The van der Waals surface area contributed by atoms with Crippen LogP contribution in [0.3, 0.4) is 0 Å². The minimum absolute atomic E-state index is 0.152. The van der Waals surface area contributed by atoms with Crippen LogP contribution < -0.4 is 10.5 Å². The van der Waals surface area contributed by atoms with Crippen molar-refractivity contribution in [1.29, 1.82) is 0 Å². The Morgan fingerprint density at radius 2 is 2.11 bits per heavy atom. The molecule has 0 saturated carbocycles. The molecule has 4 nitrogen and oxygen atoms in total. The van der Waals surface area contributed by atoms with Crippen LogP contribution in [0, 0.1) is 5.82 Å². The first-order valence-corrected chi connectivity index (χ1v) is 7.36. The van der Waals surface area contributed by atoms with Crippen LogP contribution in [0.5, 0.6) is 5.75 Å². The number of methoxy groups -OCH3 is 1. The Morgan fingerprint density at radius 1 is 1.44 bits per heavy atom. The van der Waals surface area contributed by atoms with Crippen LogP contribution in [0.1, 0.15) is 18.9 Å². The Labute approximate surface area is 107 Å². The molecule has 1 aromatic rings. The highest BCUT2D eigenvalue weighted by Gasteiger charge is 2.22. The van der Waals surface area contributed by atoms with E-state index < -0.39 is 20.9 Å². The average Bonchev–Trinajstić information content (AvgIpc) is 2.32. The zero-order valence-corrected chi connectivity index (χ0v) is 11.3. The lowest BCUT2D eigenvalue weighted by Gasteiger charge is -2.12. The number of hydrogen-bond acceptors (Lipinski definition) is 4. The fraction of sp³-hybridized carbons (Fsp3) is 0.500. The molecular weight excluding hydrogens is 257 g/mol. The van der Waals surface area contributed by atoms with Crippen molar-refractivity contribution in [2.45, 2.75) is 24.3 Å². The number of ether oxygens (including phenoxy) is 1. The average molecular weight is 275 g/mol. The standard InChI is InChI=1S/C12H18FNO3S/c1-9(5-6-14)18(15,16)8-10-3-4-11(17-2)7-12(10)13/h3-4,7,9H,5-6,8,14H2,1-2H3. The van der Waals surface area contributed by atoms with Crippen LogP contribution in [0.25, 0.3) is 0 Å². The smallest absolute Gasteiger partial charge is 0.157 e. The first-order chi connectivity index (χ1) is 8.40. The van der Waals surface area contributed by atoms with Gasteiger partial charge in [0.25, 0.3) is 0 Å². The van der Waals surface area contributed by atoms with Gasteiger partial charge >= 0.3 is 0 Å². The molecule has 1 rings (SSSR count). The zero-order chi connectivity index (χ0) is 13.8. The summed E-state index contributed by atoms with van der Waals surface area (Å²) in [6.07, 6.45) is 0.375. The Balaban J connectivity index is 2.91. The van der Waals surface area contributed by atoms with Crippen LogP contribution in [0.15, 0.2) is 18.2 Å². The lowest BCUT2D eigenvalue weighted by molar-refractivity contribution is 0.411. The predicted molar refractivity (Wildman–Crippen MR) is 68.7 cm³/mol. The van der Waals surface area contributed by atoms with E-state index in [1.807, 2.05) is 0 Å². The van der Waals surface area contributed by atoms with Gasteiger partial charge in [0.05, 0.1) is 18.1 Å². The van der Waals surface area contributed by atoms with Crippen molar-refractivity contribution in [1.82, 2.24) is 0 Å². The molecule has 0 fully saturated rings. The second-order valence-electron chi connectivity index (χ2n) is 4.15. The van der Waals surface area contributed by atoms with Gasteiger partial charge in [-0.15, -0.1) is 0 Å². The normalized spacial score (nSPS) is 13.3. The number of benzene rings is 1. The van der Waals surface area contributed by atoms with Crippen molar-refractivity contribution in [2.24, 2.45) is 5.73 Å². The maximum absolute atomic E-state index is 13.6. The first-order valence-electron chi connectivity index (χ1n) is 5.64. The van der Waals surface area contributed by atoms with Gasteiger partial charge in [-0.2, -0.15) is 0 Å². The van der Waals surface area contributed by atoms with Crippen molar-refractivity contribution in [3.05, 3.63) is 29.6 Å². The number of sulfone groups is 1. The number of nitrogens with two attached hydrogens (primary N) is 1. The molecule has 18 heavy (non-hydrogen) atoms. The molecule has 0 spiro atoms. The molecule has 0 aromatic heterocycles. The van der Waals surface area contributed by atoms with E-state index in [0.29, 0.717) is 18.7 Å². The lowest BCUT2D eigenvalue weighted by Crippen LogP contribution is -2.23. The highest BCUT2D eigenvalue weighted by atomic mass is 32.2. The zero-order valence-electron chi connectivity index (χ0n) is 10.5. The summed E-state index contributed by atoms with van der Waals surface area (Å²) in [7, 11) is -1.95. The van der Waals surface area contributed by atoms with Gasteiger partial charge in [-0.05, 0) is 26.0 Å². The van der Waals surface area contributed by atoms with Crippen molar-refractivity contribution < 1.29 is 17.5 Å². The first kappa shape index (κ1) is 14.9. The minimum Gasteiger partial charge on any atom is -0.497 e. The second kappa shape index (κ2) is 6.15. The molecule has 2 N–H and O–H groups in total. The van der Waals surface area contributed by atoms with E-state index in [2.05, 4.69) is 0 Å². The molecule has 0 saturated heterocycles. The minimum atomic E-state index is -3.38. The Bertz CT molecular complexity index is 502. The molecule has 1 aromatic carbocycles. The van der Waals surface area contributed by atoms with E-state index in [9.17, 15) is 12.8 Å². The van der Waals surface area contributed by atoms with Crippen molar-refractivity contribution in [2.75, 3.05) is 13.7 Å². The van der Waals surface area contributed by atoms with E-state index >= 15 is 0 Å². The summed E-state index contributed by atoms with van der Waals surface area (Å²) < 4.78 is 42.4. The molecule has 0 aliphatic rings. The molecule has 102 valence electrons. The molecule has 1 unspecified atom stereocenters. The van der Waals surface area contributed by atoms with Crippen LogP contribution in [-0.2, 0) is 15.6 Å². The topological polar surface area (TPSA) is 69.4 Å². The van der Waals surface area contributed by atoms with E-state index in [1.165, 1.54) is 19.2 Å². The molecule has 0 radical (unpaired) electrons. The van der Waals surface area contributed by atoms with Gasteiger partial charge in [-0.3, -0.25) is 0 Å². The van der Waals surface area contributed by atoms with Gasteiger partial charge in [0.1, 0.15) is 11.6 Å². The van der Waals surface area contributed by atoms with E-state index in [0.717, 1.165) is 0 Å². The fourth-order valence-electron chi connectivity index (χ4n) is 1.55. The van der Waals surface area contributed by atoms with Gasteiger partial charge in [-0.25, -0.2) is 12.8 Å². The van der Waals surface area contributed by atoms with Crippen molar-refractivity contribution >= 4 is 9.84 Å². The monoisotopic (exact) mass is 275 g/mol. The largest absolute Gasteiger partial charge is 0.497 e. The number of rotatable bonds is 6. The van der Waals surface area contributed by atoms with Gasteiger partial charge in [0, 0.05) is 11.6 Å². The van der Waals surface area contributed by atoms with Crippen LogP contribution in [0.2, 0.25) is 0 Å². The third-order valence-electron chi connectivity index (χ3n) is 2.80. The maximum atomic E-state index is 13.6. The summed E-state index contributed by atoms with van der Waals surface area (Å²) >= 11 is 0. The number of hydrogen-bond donors (Lipinski definition) is 1. The van der Waals surface area contributed by atoms with Crippen LogP contribution in [0.4, 0.5) is 4.39 Å².